The average Bonchev–Trinajstić information content (AvgIpc) is 3.22. The van der Waals surface area contributed by atoms with Crippen LogP contribution in [-0.2, 0) is 0 Å². The molecule has 5 aromatic carbocycles. The van der Waals surface area contributed by atoms with Crippen LogP contribution >= 0.6 is 0 Å². The van der Waals surface area contributed by atoms with E-state index < -0.39 is 0 Å². The maximum Gasteiger partial charge on any atom is 0.143 e. The molecule has 0 saturated carbocycles. The number of hydrogen-bond donors (Lipinski definition) is 0. The van der Waals surface area contributed by atoms with Crippen molar-refractivity contribution in [3.05, 3.63) is 109 Å². The van der Waals surface area contributed by atoms with E-state index in [0.717, 1.165) is 27.5 Å². The lowest BCUT2D eigenvalue weighted by Gasteiger charge is -2.16. The normalized spacial score (nSPS) is 11.7. The predicted octanol–water partition coefficient (Wildman–Crippen LogP) is 9.20. The summed E-state index contributed by atoms with van der Waals surface area (Å²) >= 11 is 0. The second-order valence-corrected chi connectivity index (χ2v) is 8.77. The van der Waals surface area contributed by atoms with Crippen molar-refractivity contribution in [2.45, 2.75) is 19.8 Å². The lowest BCUT2D eigenvalue weighted by Crippen LogP contribution is -1.91. The molecule has 0 unspecified atom stereocenters. The lowest BCUT2D eigenvalue weighted by atomic mass is 9.88. The second-order valence-electron chi connectivity index (χ2n) is 8.77. The molecule has 1 heteroatoms. The van der Waals surface area contributed by atoms with Gasteiger partial charge in [0.15, 0.2) is 0 Å². The minimum atomic E-state index is 0.503. The van der Waals surface area contributed by atoms with Crippen molar-refractivity contribution < 1.29 is 4.42 Å². The zero-order valence-corrected chi connectivity index (χ0v) is 18.3. The Kier molecular flexibility index (Phi) is 4.36. The van der Waals surface area contributed by atoms with E-state index in [1.165, 1.54) is 33.0 Å². The third kappa shape index (κ3) is 2.93. The highest BCUT2D eigenvalue weighted by molar-refractivity contribution is 6.13. The summed E-state index contributed by atoms with van der Waals surface area (Å²) in [6, 6.07) is 36.9. The summed E-state index contributed by atoms with van der Waals surface area (Å²) < 4.78 is 6.39. The van der Waals surface area contributed by atoms with E-state index in [0.29, 0.717) is 5.92 Å². The van der Waals surface area contributed by atoms with Crippen molar-refractivity contribution in [3.63, 3.8) is 0 Å². The van der Waals surface area contributed by atoms with Crippen molar-refractivity contribution in [2.24, 2.45) is 0 Å². The summed E-state index contributed by atoms with van der Waals surface area (Å²) in [4.78, 5) is 0. The molecule has 0 aliphatic carbocycles. The first-order chi connectivity index (χ1) is 15.7. The van der Waals surface area contributed by atoms with E-state index in [1.54, 1.807) is 0 Å². The molecule has 0 fully saturated rings. The van der Waals surface area contributed by atoms with Crippen molar-refractivity contribution in [1.82, 2.24) is 0 Å². The number of benzene rings is 5. The van der Waals surface area contributed by atoms with Gasteiger partial charge in [0, 0.05) is 16.3 Å². The van der Waals surface area contributed by atoms with Crippen LogP contribution in [0.2, 0.25) is 0 Å². The Bertz CT molecular complexity index is 1590. The van der Waals surface area contributed by atoms with Crippen LogP contribution < -0.4 is 0 Å². The first kappa shape index (κ1) is 18.9. The fraction of sp³-hybridized carbons (Fsp3) is 0.0968. The van der Waals surface area contributed by atoms with Crippen LogP contribution in [0.15, 0.2) is 108 Å². The summed E-state index contributed by atoms with van der Waals surface area (Å²) in [5.41, 5.74) is 8.05. The van der Waals surface area contributed by atoms with Gasteiger partial charge < -0.3 is 4.42 Å². The molecule has 0 radical (unpaired) electrons. The van der Waals surface area contributed by atoms with Gasteiger partial charge in [0.05, 0.1) is 0 Å². The van der Waals surface area contributed by atoms with E-state index in [-0.39, 0.29) is 0 Å². The topological polar surface area (TPSA) is 13.1 Å². The highest BCUT2D eigenvalue weighted by atomic mass is 16.3. The third-order valence-electron chi connectivity index (χ3n) is 6.47. The Morgan fingerprint density at radius 1 is 0.594 bits per heavy atom. The molecule has 1 heterocycles. The maximum absolute atomic E-state index is 6.39. The van der Waals surface area contributed by atoms with Gasteiger partial charge in [-0.15, -0.1) is 0 Å². The van der Waals surface area contributed by atoms with Crippen molar-refractivity contribution >= 4 is 32.7 Å². The average molecular weight is 413 g/mol. The highest BCUT2D eigenvalue weighted by Gasteiger charge is 2.17. The Morgan fingerprint density at radius 3 is 2.22 bits per heavy atom. The molecular weight excluding hydrogens is 388 g/mol. The van der Waals surface area contributed by atoms with Crippen LogP contribution in [0.1, 0.15) is 25.3 Å². The molecule has 0 N–H and O–H groups in total. The molecule has 0 saturated heterocycles. The summed E-state index contributed by atoms with van der Waals surface area (Å²) in [6.07, 6.45) is 0. The number of para-hydroxylation sites is 2. The van der Waals surface area contributed by atoms with Gasteiger partial charge in [-0.05, 0) is 45.0 Å². The predicted molar refractivity (Wildman–Crippen MR) is 136 cm³/mol. The van der Waals surface area contributed by atoms with E-state index in [9.17, 15) is 0 Å². The van der Waals surface area contributed by atoms with Crippen LogP contribution in [-0.4, -0.2) is 0 Å². The zero-order chi connectivity index (χ0) is 21.7. The van der Waals surface area contributed by atoms with Gasteiger partial charge in [-0.1, -0.05) is 111 Å². The Balaban J connectivity index is 1.71. The fourth-order valence-corrected chi connectivity index (χ4v) is 4.81. The molecule has 1 nitrogen and oxygen atoms in total. The Labute approximate surface area is 187 Å². The van der Waals surface area contributed by atoms with Crippen molar-refractivity contribution in [2.75, 3.05) is 0 Å². The first-order valence-electron chi connectivity index (χ1n) is 11.2. The molecule has 0 amide bonds. The Morgan fingerprint density at radius 2 is 1.38 bits per heavy atom. The van der Waals surface area contributed by atoms with Gasteiger partial charge in [0.25, 0.3) is 0 Å². The molecule has 0 spiro atoms. The monoisotopic (exact) mass is 412 g/mol. The van der Waals surface area contributed by atoms with Gasteiger partial charge in [-0.25, -0.2) is 0 Å². The standard InChI is InChI=1S/C31H24O/c1-20(2)22-15-17-24-23(19-22)16-18-26(30(24)21-9-4-3-5-10-21)28-13-8-12-27-25-11-6-7-14-29(25)32-31(27)28/h3-20H,1-2H3. The van der Waals surface area contributed by atoms with Gasteiger partial charge in [-0.3, -0.25) is 0 Å². The van der Waals surface area contributed by atoms with E-state index >= 15 is 0 Å². The highest BCUT2D eigenvalue weighted by Crippen LogP contribution is 2.43. The van der Waals surface area contributed by atoms with Crippen LogP contribution in [0.25, 0.3) is 55.0 Å². The van der Waals surface area contributed by atoms with Crippen LogP contribution in [0, 0.1) is 0 Å². The molecule has 32 heavy (non-hydrogen) atoms. The van der Waals surface area contributed by atoms with Crippen LogP contribution in [0.3, 0.4) is 0 Å². The molecule has 0 atom stereocenters. The van der Waals surface area contributed by atoms with Crippen LogP contribution in [0.4, 0.5) is 0 Å². The van der Waals surface area contributed by atoms with Gasteiger partial charge in [0.1, 0.15) is 11.2 Å². The third-order valence-corrected chi connectivity index (χ3v) is 6.47. The molecular formula is C31H24O. The zero-order valence-electron chi connectivity index (χ0n) is 18.3. The number of rotatable bonds is 3. The SMILES string of the molecule is CC(C)c1ccc2c(-c3ccccc3)c(-c3cccc4c3oc3ccccc34)ccc2c1. The van der Waals surface area contributed by atoms with Gasteiger partial charge >= 0.3 is 0 Å². The summed E-state index contributed by atoms with van der Waals surface area (Å²) in [6.45, 7) is 4.49. The molecule has 154 valence electrons. The second kappa shape index (κ2) is 7.39. The summed E-state index contributed by atoms with van der Waals surface area (Å²) in [5.74, 6) is 0.503. The van der Waals surface area contributed by atoms with E-state index in [2.05, 4.69) is 105 Å². The van der Waals surface area contributed by atoms with Crippen molar-refractivity contribution in [1.29, 1.82) is 0 Å². The molecule has 0 aliphatic heterocycles. The summed E-state index contributed by atoms with van der Waals surface area (Å²) in [7, 11) is 0. The molecule has 1 aromatic heterocycles. The minimum Gasteiger partial charge on any atom is -0.455 e. The number of fused-ring (bicyclic) bond motifs is 4. The molecule has 6 aromatic rings. The lowest BCUT2D eigenvalue weighted by molar-refractivity contribution is 0.670. The minimum absolute atomic E-state index is 0.503. The van der Waals surface area contributed by atoms with E-state index in [4.69, 9.17) is 4.42 Å². The van der Waals surface area contributed by atoms with E-state index in [1.807, 2.05) is 12.1 Å². The number of furan rings is 1. The fourth-order valence-electron chi connectivity index (χ4n) is 4.81. The number of hydrogen-bond acceptors (Lipinski definition) is 1. The first-order valence-corrected chi connectivity index (χ1v) is 11.2. The van der Waals surface area contributed by atoms with Crippen LogP contribution in [0.5, 0.6) is 0 Å². The molecule has 0 aliphatic rings. The largest absolute Gasteiger partial charge is 0.455 e. The molecule has 6 rings (SSSR count). The Hall–Kier alpha value is -3.84. The molecule has 0 bridgehead atoms. The smallest absolute Gasteiger partial charge is 0.143 e. The quantitative estimate of drug-likeness (QED) is 0.282. The summed E-state index contributed by atoms with van der Waals surface area (Å²) in [5, 5.41) is 4.86. The van der Waals surface area contributed by atoms with Gasteiger partial charge in [0.2, 0.25) is 0 Å². The maximum atomic E-state index is 6.39. The van der Waals surface area contributed by atoms with Gasteiger partial charge in [-0.2, -0.15) is 0 Å². The van der Waals surface area contributed by atoms with Crippen molar-refractivity contribution in [3.8, 4) is 22.3 Å².